The van der Waals surface area contributed by atoms with Gasteiger partial charge in [-0.3, -0.25) is 0 Å². The van der Waals surface area contributed by atoms with E-state index in [1.807, 2.05) is 0 Å². The molecule has 2 rings (SSSR count). The Morgan fingerprint density at radius 2 is 2.07 bits per heavy atom. The molecule has 0 bridgehead atoms. The molecule has 1 aliphatic rings. The Bertz CT molecular complexity index is 281. The molecule has 1 fully saturated rings. The van der Waals surface area contributed by atoms with E-state index in [-0.39, 0.29) is 0 Å². The maximum atomic E-state index is 4.95. The summed E-state index contributed by atoms with van der Waals surface area (Å²) in [5.74, 6) is 1.48. The number of methoxy groups -OCH3 is 1. The van der Waals surface area contributed by atoms with Crippen molar-refractivity contribution in [1.29, 1.82) is 0 Å². The van der Waals surface area contributed by atoms with E-state index in [2.05, 4.69) is 20.2 Å². The third-order valence-electron chi connectivity index (χ3n) is 2.26. The number of rotatable bonds is 2. The van der Waals surface area contributed by atoms with Gasteiger partial charge in [-0.25, -0.2) is 9.97 Å². The standard InChI is InChI=1S/C9H14N4O/c1-14-9-7-11-8(6-12-9)13-4-2-10-3-5-13/h6-7,10H,2-5H2,1H3. The quantitative estimate of drug-likeness (QED) is 0.712. The van der Waals surface area contributed by atoms with E-state index in [1.54, 1.807) is 19.5 Å². The lowest BCUT2D eigenvalue weighted by Crippen LogP contribution is -2.43. The number of nitrogens with zero attached hydrogens (tertiary/aromatic N) is 3. The van der Waals surface area contributed by atoms with Crippen molar-refractivity contribution in [1.82, 2.24) is 15.3 Å². The summed E-state index contributed by atoms with van der Waals surface area (Å²) in [5.41, 5.74) is 0. The van der Waals surface area contributed by atoms with E-state index in [9.17, 15) is 0 Å². The highest BCUT2D eigenvalue weighted by atomic mass is 16.5. The van der Waals surface area contributed by atoms with Crippen LogP contribution in [-0.4, -0.2) is 43.3 Å². The van der Waals surface area contributed by atoms with Crippen molar-refractivity contribution in [2.75, 3.05) is 38.2 Å². The first-order valence-corrected chi connectivity index (χ1v) is 4.72. The van der Waals surface area contributed by atoms with Crippen molar-refractivity contribution in [3.8, 4) is 5.88 Å². The lowest BCUT2D eigenvalue weighted by Gasteiger charge is -2.27. The minimum atomic E-state index is 0.559. The van der Waals surface area contributed by atoms with Gasteiger partial charge in [-0.1, -0.05) is 0 Å². The molecule has 5 nitrogen and oxygen atoms in total. The number of nitrogens with one attached hydrogen (secondary N) is 1. The summed E-state index contributed by atoms with van der Waals surface area (Å²) in [5, 5.41) is 3.29. The summed E-state index contributed by atoms with van der Waals surface area (Å²) in [4.78, 5) is 10.6. The number of ether oxygens (including phenoxy) is 1. The van der Waals surface area contributed by atoms with Gasteiger partial charge in [-0.2, -0.15) is 0 Å². The molecule has 1 aliphatic heterocycles. The summed E-state index contributed by atoms with van der Waals surface area (Å²) in [7, 11) is 1.59. The van der Waals surface area contributed by atoms with Gasteiger partial charge in [0, 0.05) is 26.2 Å². The second-order valence-electron chi connectivity index (χ2n) is 3.15. The molecular formula is C9H14N4O. The summed E-state index contributed by atoms with van der Waals surface area (Å²) < 4.78 is 4.95. The zero-order chi connectivity index (χ0) is 9.80. The molecule has 0 aliphatic carbocycles. The van der Waals surface area contributed by atoms with Crippen LogP contribution in [0.25, 0.3) is 0 Å². The van der Waals surface area contributed by atoms with Crippen LogP contribution in [0.15, 0.2) is 12.4 Å². The third-order valence-corrected chi connectivity index (χ3v) is 2.26. The molecule has 0 radical (unpaired) electrons. The summed E-state index contributed by atoms with van der Waals surface area (Å²) in [6.07, 6.45) is 3.40. The Hall–Kier alpha value is -1.36. The van der Waals surface area contributed by atoms with Gasteiger partial charge in [-0.15, -0.1) is 0 Å². The first-order valence-electron chi connectivity index (χ1n) is 4.72. The molecule has 14 heavy (non-hydrogen) atoms. The maximum absolute atomic E-state index is 4.95. The van der Waals surface area contributed by atoms with Crippen molar-refractivity contribution in [2.24, 2.45) is 0 Å². The molecule has 0 atom stereocenters. The SMILES string of the molecule is COc1cnc(N2CCNCC2)cn1. The lowest BCUT2D eigenvalue weighted by atomic mass is 10.4. The second-order valence-corrected chi connectivity index (χ2v) is 3.15. The first kappa shape index (κ1) is 9.21. The van der Waals surface area contributed by atoms with E-state index < -0.39 is 0 Å². The smallest absolute Gasteiger partial charge is 0.232 e. The fourth-order valence-electron chi connectivity index (χ4n) is 1.47. The van der Waals surface area contributed by atoms with Crippen molar-refractivity contribution in [2.45, 2.75) is 0 Å². The van der Waals surface area contributed by atoms with Crippen LogP contribution >= 0.6 is 0 Å². The molecule has 1 aromatic heterocycles. The third kappa shape index (κ3) is 1.93. The number of anilines is 1. The number of piperazine rings is 1. The van der Waals surface area contributed by atoms with Gasteiger partial charge >= 0.3 is 0 Å². The number of aromatic nitrogens is 2. The van der Waals surface area contributed by atoms with Gasteiger partial charge in [0.05, 0.1) is 19.5 Å². The average Bonchev–Trinajstić information content (AvgIpc) is 2.30. The first-order chi connectivity index (χ1) is 6.90. The minimum absolute atomic E-state index is 0.559. The van der Waals surface area contributed by atoms with Gasteiger partial charge in [0.25, 0.3) is 0 Å². The molecule has 0 spiro atoms. The summed E-state index contributed by atoms with van der Waals surface area (Å²) in [6.45, 7) is 3.99. The second kappa shape index (κ2) is 4.23. The number of hydrogen-bond donors (Lipinski definition) is 1. The zero-order valence-electron chi connectivity index (χ0n) is 8.23. The van der Waals surface area contributed by atoms with Crippen molar-refractivity contribution in [3.05, 3.63) is 12.4 Å². The molecule has 0 unspecified atom stereocenters. The monoisotopic (exact) mass is 194 g/mol. The highest BCUT2D eigenvalue weighted by Gasteiger charge is 2.11. The van der Waals surface area contributed by atoms with Gasteiger partial charge in [0.1, 0.15) is 5.82 Å². The average molecular weight is 194 g/mol. The highest BCUT2D eigenvalue weighted by molar-refractivity contribution is 5.37. The van der Waals surface area contributed by atoms with Crippen LogP contribution in [0.5, 0.6) is 5.88 Å². The molecule has 76 valence electrons. The minimum Gasteiger partial charge on any atom is -0.480 e. The van der Waals surface area contributed by atoms with Crippen molar-refractivity contribution < 1.29 is 4.74 Å². The van der Waals surface area contributed by atoms with Crippen LogP contribution in [0.4, 0.5) is 5.82 Å². The highest BCUT2D eigenvalue weighted by Crippen LogP contribution is 2.11. The zero-order valence-corrected chi connectivity index (χ0v) is 8.23. The Morgan fingerprint density at radius 1 is 1.29 bits per heavy atom. The van der Waals surface area contributed by atoms with Crippen LogP contribution in [0.3, 0.4) is 0 Å². The van der Waals surface area contributed by atoms with E-state index in [0.717, 1.165) is 32.0 Å². The Morgan fingerprint density at radius 3 is 2.64 bits per heavy atom. The molecule has 0 saturated carbocycles. The largest absolute Gasteiger partial charge is 0.480 e. The van der Waals surface area contributed by atoms with Crippen LogP contribution in [0.2, 0.25) is 0 Å². The van der Waals surface area contributed by atoms with Crippen LogP contribution < -0.4 is 15.0 Å². The van der Waals surface area contributed by atoms with E-state index in [1.165, 1.54) is 0 Å². The molecular weight excluding hydrogens is 180 g/mol. The fourth-order valence-corrected chi connectivity index (χ4v) is 1.47. The Balaban J connectivity index is 2.07. The molecule has 0 aromatic carbocycles. The van der Waals surface area contributed by atoms with Crippen molar-refractivity contribution >= 4 is 5.82 Å². The van der Waals surface area contributed by atoms with Gasteiger partial charge in [0.15, 0.2) is 0 Å². The predicted octanol–water partition coefficient (Wildman–Crippen LogP) is -0.105. The van der Waals surface area contributed by atoms with Gasteiger partial charge in [-0.05, 0) is 0 Å². The predicted molar refractivity (Wildman–Crippen MR) is 53.7 cm³/mol. The van der Waals surface area contributed by atoms with Crippen molar-refractivity contribution in [3.63, 3.8) is 0 Å². The summed E-state index contributed by atoms with van der Waals surface area (Å²) in [6, 6.07) is 0. The summed E-state index contributed by atoms with van der Waals surface area (Å²) >= 11 is 0. The molecule has 1 aromatic rings. The maximum Gasteiger partial charge on any atom is 0.232 e. The molecule has 1 N–H and O–H groups in total. The van der Waals surface area contributed by atoms with Crippen LogP contribution in [0, 0.1) is 0 Å². The fraction of sp³-hybridized carbons (Fsp3) is 0.556. The number of hydrogen-bond acceptors (Lipinski definition) is 5. The van der Waals surface area contributed by atoms with E-state index in [0.29, 0.717) is 5.88 Å². The van der Waals surface area contributed by atoms with Gasteiger partial charge < -0.3 is 15.0 Å². The molecule has 5 heteroatoms. The van der Waals surface area contributed by atoms with Crippen LogP contribution in [0.1, 0.15) is 0 Å². The van der Waals surface area contributed by atoms with Crippen LogP contribution in [-0.2, 0) is 0 Å². The normalized spacial score (nSPS) is 16.8. The Labute approximate surface area is 83.1 Å². The Kier molecular flexibility index (Phi) is 2.78. The lowest BCUT2D eigenvalue weighted by molar-refractivity contribution is 0.395. The molecule has 2 heterocycles. The van der Waals surface area contributed by atoms with E-state index in [4.69, 9.17) is 4.74 Å². The molecule has 0 amide bonds. The topological polar surface area (TPSA) is 50.3 Å². The van der Waals surface area contributed by atoms with E-state index >= 15 is 0 Å². The van der Waals surface area contributed by atoms with Gasteiger partial charge in [0.2, 0.25) is 5.88 Å². The molecule has 1 saturated heterocycles.